The van der Waals surface area contributed by atoms with Gasteiger partial charge in [0.2, 0.25) is 5.91 Å². The molecule has 1 heterocycles. The minimum atomic E-state index is -1.11. The van der Waals surface area contributed by atoms with Gasteiger partial charge in [-0.2, -0.15) is 0 Å². The van der Waals surface area contributed by atoms with Gasteiger partial charge in [-0.15, -0.1) is 0 Å². The molecule has 3 rings (SSSR count). The SMILES string of the molecule is C=C(/C=N\C(Cl)=C/C)NC(=O)NC1CCCN(c2ccc(-c3ccccc3C)c(F)c2F)C1=O.C=O.CC.CC. The Morgan fingerprint density at radius 2 is 1.70 bits per heavy atom. The topological polar surface area (TPSA) is 90.9 Å². The number of carbonyl (C=O) groups is 3. The Labute approximate surface area is 241 Å². The van der Waals surface area contributed by atoms with Crippen molar-refractivity contribution < 1.29 is 23.2 Å². The van der Waals surface area contributed by atoms with Crippen LogP contribution in [0.1, 0.15) is 53.0 Å². The molecule has 0 aromatic heterocycles. The van der Waals surface area contributed by atoms with Gasteiger partial charge in [-0.25, -0.2) is 18.6 Å². The number of aliphatic imine (C=N–C) groups is 1. The number of allylic oxidation sites excluding steroid dienone is 2. The van der Waals surface area contributed by atoms with Crippen molar-refractivity contribution >= 4 is 42.2 Å². The second kappa shape index (κ2) is 19.2. The average molecular weight is 577 g/mol. The van der Waals surface area contributed by atoms with Gasteiger partial charge in [-0.05, 0) is 49.9 Å². The van der Waals surface area contributed by atoms with Crippen LogP contribution in [-0.4, -0.2) is 37.5 Å². The number of carbonyl (C=O) groups excluding carboxylic acids is 3. The third-order valence-corrected chi connectivity index (χ3v) is 5.70. The van der Waals surface area contributed by atoms with Crippen molar-refractivity contribution in [3.05, 3.63) is 77.1 Å². The number of urea groups is 1. The lowest BCUT2D eigenvalue weighted by atomic mass is 9.98. The van der Waals surface area contributed by atoms with E-state index in [1.807, 2.05) is 53.5 Å². The van der Waals surface area contributed by atoms with Gasteiger partial charge in [0.05, 0.1) is 17.6 Å². The van der Waals surface area contributed by atoms with Gasteiger partial charge in [0, 0.05) is 12.1 Å². The molecule has 3 amide bonds. The number of piperidine rings is 1. The molecular formula is C30H39ClF2N4O3. The monoisotopic (exact) mass is 576 g/mol. The fourth-order valence-corrected chi connectivity index (χ4v) is 3.71. The molecule has 0 saturated carbocycles. The number of benzene rings is 2. The van der Waals surface area contributed by atoms with Crippen LogP contribution in [0.3, 0.4) is 0 Å². The lowest BCUT2D eigenvalue weighted by molar-refractivity contribution is -0.121. The Balaban J connectivity index is 0.00000237. The summed E-state index contributed by atoms with van der Waals surface area (Å²) in [6.45, 7) is 17.4. The minimum absolute atomic E-state index is 0.121. The predicted molar refractivity (Wildman–Crippen MR) is 161 cm³/mol. The first-order valence-corrected chi connectivity index (χ1v) is 13.4. The van der Waals surface area contributed by atoms with Gasteiger partial charge in [-0.3, -0.25) is 4.79 Å². The van der Waals surface area contributed by atoms with E-state index in [1.54, 1.807) is 25.1 Å². The number of hydrogen-bond acceptors (Lipinski definition) is 4. The Morgan fingerprint density at radius 3 is 2.30 bits per heavy atom. The number of aryl methyl sites for hydroxylation is 1. The molecule has 2 aromatic carbocycles. The lowest BCUT2D eigenvalue weighted by Gasteiger charge is -2.33. The summed E-state index contributed by atoms with van der Waals surface area (Å²) in [6, 6.07) is 8.37. The summed E-state index contributed by atoms with van der Waals surface area (Å²) in [7, 11) is 0. The zero-order valence-electron chi connectivity index (χ0n) is 24.0. The minimum Gasteiger partial charge on any atom is -0.326 e. The molecule has 0 radical (unpaired) electrons. The van der Waals surface area contributed by atoms with Crippen LogP contribution in [-0.2, 0) is 9.59 Å². The van der Waals surface area contributed by atoms with Crippen molar-refractivity contribution in [2.24, 2.45) is 4.99 Å². The van der Waals surface area contributed by atoms with Gasteiger partial charge in [-0.1, -0.05) is 76.2 Å². The average Bonchev–Trinajstić information content (AvgIpc) is 2.98. The number of halogens is 3. The first-order chi connectivity index (χ1) is 19.2. The molecule has 0 spiro atoms. The third-order valence-electron chi connectivity index (χ3n) is 5.39. The van der Waals surface area contributed by atoms with Gasteiger partial charge < -0.3 is 20.3 Å². The molecule has 2 N–H and O–H groups in total. The normalized spacial score (nSPS) is 14.5. The van der Waals surface area contributed by atoms with Crippen molar-refractivity contribution in [1.82, 2.24) is 10.6 Å². The molecule has 1 fully saturated rings. The van der Waals surface area contributed by atoms with Gasteiger partial charge in [0.15, 0.2) is 11.6 Å². The number of hydrogen-bond donors (Lipinski definition) is 2. The van der Waals surface area contributed by atoms with Crippen molar-refractivity contribution in [2.75, 3.05) is 11.4 Å². The maximum absolute atomic E-state index is 15.1. The number of nitrogens with one attached hydrogen (secondary N) is 2. The first-order valence-electron chi connectivity index (χ1n) is 13.0. The molecule has 1 unspecified atom stereocenters. The third kappa shape index (κ3) is 10.0. The summed E-state index contributed by atoms with van der Waals surface area (Å²) in [4.78, 5) is 38.3. The fraction of sp³-hybridized carbons (Fsp3) is 0.333. The van der Waals surface area contributed by atoms with Crippen LogP contribution in [0.25, 0.3) is 11.1 Å². The van der Waals surface area contributed by atoms with Crippen molar-refractivity contribution in [2.45, 2.75) is 60.4 Å². The van der Waals surface area contributed by atoms with E-state index in [2.05, 4.69) is 22.2 Å². The largest absolute Gasteiger partial charge is 0.326 e. The molecule has 1 aliphatic heterocycles. The Hall–Kier alpha value is -3.85. The Kier molecular flexibility index (Phi) is 17.4. The van der Waals surface area contributed by atoms with E-state index >= 15 is 4.39 Å². The molecule has 10 heteroatoms. The van der Waals surface area contributed by atoms with Gasteiger partial charge in [0.25, 0.3) is 0 Å². The molecule has 218 valence electrons. The number of amides is 3. The van der Waals surface area contributed by atoms with Crippen LogP contribution in [0, 0.1) is 18.6 Å². The summed E-state index contributed by atoms with van der Waals surface area (Å²) < 4.78 is 30.1. The highest BCUT2D eigenvalue weighted by Gasteiger charge is 2.33. The Bertz CT molecular complexity index is 1200. The molecular weight excluding hydrogens is 538 g/mol. The quantitative estimate of drug-likeness (QED) is 0.279. The van der Waals surface area contributed by atoms with E-state index in [0.717, 1.165) is 10.5 Å². The number of anilines is 1. The molecule has 1 saturated heterocycles. The van der Waals surface area contributed by atoms with E-state index in [0.29, 0.717) is 18.4 Å². The van der Waals surface area contributed by atoms with Crippen molar-refractivity contribution in [1.29, 1.82) is 0 Å². The van der Waals surface area contributed by atoms with Crippen LogP contribution in [0.2, 0.25) is 0 Å². The summed E-state index contributed by atoms with van der Waals surface area (Å²) in [5, 5.41) is 5.23. The van der Waals surface area contributed by atoms with Crippen molar-refractivity contribution in [3.8, 4) is 11.1 Å². The second-order valence-electron chi connectivity index (χ2n) is 7.75. The van der Waals surface area contributed by atoms with E-state index in [-0.39, 0.29) is 28.6 Å². The zero-order chi connectivity index (χ0) is 30.8. The first kappa shape index (κ1) is 36.1. The van der Waals surface area contributed by atoms with E-state index in [9.17, 15) is 14.0 Å². The number of nitrogens with zero attached hydrogens (tertiary/aromatic N) is 2. The summed E-state index contributed by atoms with van der Waals surface area (Å²) in [5.41, 5.74) is 1.50. The zero-order valence-corrected chi connectivity index (χ0v) is 24.7. The van der Waals surface area contributed by atoms with Crippen LogP contribution in [0.5, 0.6) is 0 Å². The van der Waals surface area contributed by atoms with Crippen LogP contribution in [0.15, 0.2) is 64.9 Å². The molecule has 2 aromatic rings. The lowest BCUT2D eigenvalue weighted by Crippen LogP contribution is -2.54. The van der Waals surface area contributed by atoms with Gasteiger partial charge >= 0.3 is 6.03 Å². The maximum Gasteiger partial charge on any atom is 0.319 e. The van der Waals surface area contributed by atoms with Gasteiger partial charge in [0.1, 0.15) is 18.0 Å². The highest BCUT2D eigenvalue weighted by atomic mass is 35.5. The molecule has 0 bridgehead atoms. The highest BCUT2D eigenvalue weighted by Crippen LogP contribution is 2.33. The highest BCUT2D eigenvalue weighted by molar-refractivity contribution is 6.29. The fourth-order valence-electron chi connectivity index (χ4n) is 3.67. The van der Waals surface area contributed by atoms with Crippen LogP contribution in [0.4, 0.5) is 19.3 Å². The van der Waals surface area contributed by atoms with E-state index in [1.165, 1.54) is 18.3 Å². The molecule has 1 atom stereocenters. The molecule has 0 aliphatic carbocycles. The standard InChI is InChI=1S/C25H25ClF2N4O2.2C2H6.CH2O/c1-4-21(26)29-14-16(3)30-25(34)31-19-10-7-13-32(24(19)33)20-12-11-18(22(27)23(20)28)17-9-6-5-8-15(17)2;3*1-2/h4-6,8-9,11-12,14,19H,3,7,10,13H2,1-2H3,(H2,30,31,34);2*1-2H3;1H2/b21-4-,29-14-;;;. The molecule has 1 aliphatic rings. The van der Waals surface area contributed by atoms with Crippen LogP contribution < -0.4 is 15.5 Å². The second-order valence-corrected chi connectivity index (χ2v) is 8.14. The summed E-state index contributed by atoms with van der Waals surface area (Å²) >= 11 is 5.76. The predicted octanol–water partition coefficient (Wildman–Crippen LogP) is 7.29. The van der Waals surface area contributed by atoms with E-state index < -0.39 is 29.6 Å². The molecule has 7 nitrogen and oxygen atoms in total. The maximum atomic E-state index is 15.1. The molecule has 40 heavy (non-hydrogen) atoms. The number of rotatable bonds is 6. The summed E-state index contributed by atoms with van der Waals surface area (Å²) in [6.07, 6.45) is 3.69. The van der Waals surface area contributed by atoms with Crippen LogP contribution >= 0.6 is 11.6 Å². The Morgan fingerprint density at radius 1 is 1.07 bits per heavy atom. The summed E-state index contributed by atoms with van der Waals surface area (Å²) in [5.74, 6) is -2.66. The van der Waals surface area contributed by atoms with E-state index in [4.69, 9.17) is 16.4 Å². The smallest absolute Gasteiger partial charge is 0.319 e. The van der Waals surface area contributed by atoms with Crippen molar-refractivity contribution in [3.63, 3.8) is 0 Å².